The summed E-state index contributed by atoms with van der Waals surface area (Å²) in [4.78, 5) is 36.9. The fraction of sp³-hybridized carbons (Fsp3) is 0.0556. The van der Waals surface area contributed by atoms with E-state index in [1.54, 1.807) is 48.5 Å². The average molecular weight is 390 g/mol. The van der Waals surface area contributed by atoms with E-state index in [0.717, 1.165) is 16.7 Å². The highest BCUT2D eigenvalue weighted by atomic mass is 35.5. The molecule has 132 valence electrons. The first-order valence-electron chi connectivity index (χ1n) is 7.43. The second-order valence-corrected chi connectivity index (χ2v) is 6.64. The zero-order valence-corrected chi connectivity index (χ0v) is 14.8. The largest absolute Gasteiger partial charge is 0.481 e. The van der Waals surface area contributed by atoms with Crippen LogP contribution in [-0.4, -0.2) is 28.8 Å². The standard InChI is InChI=1S/C18H12ClNO5S/c19-12-5-7-13(8-6-12)20-17(23)15(26-18(20)24)9-11-3-1-2-4-14(11)25-10-16(21)22/h1-9H,10H2,(H,21,22). The Labute approximate surface area is 158 Å². The fourth-order valence-electron chi connectivity index (χ4n) is 2.29. The van der Waals surface area contributed by atoms with E-state index in [2.05, 4.69) is 0 Å². The number of amides is 2. The van der Waals surface area contributed by atoms with Crippen molar-refractivity contribution in [2.75, 3.05) is 11.5 Å². The molecule has 1 aliphatic rings. The minimum absolute atomic E-state index is 0.219. The molecule has 6 nitrogen and oxygen atoms in total. The molecule has 0 spiro atoms. The molecule has 2 aromatic rings. The van der Waals surface area contributed by atoms with Crippen LogP contribution < -0.4 is 9.64 Å². The van der Waals surface area contributed by atoms with Gasteiger partial charge in [0.25, 0.3) is 11.1 Å². The molecule has 1 saturated heterocycles. The molecule has 26 heavy (non-hydrogen) atoms. The summed E-state index contributed by atoms with van der Waals surface area (Å²) in [6, 6.07) is 13.1. The number of para-hydroxylation sites is 1. The number of ether oxygens (including phenoxy) is 1. The summed E-state index contributed by atoms with van der Waals surface area (Å²) in [5, 5.41) is 8.82. The number of rotatable bonds is 5. The van der Waals surface area contributed by atoms with E-state index >= 15 is 0 Å². The molecule has 0 bridgehead atoms. The quantitative estimate of drug-likeness (QED) is 0.777. The van der Waals surface area contributed by atoms with Crippen molar-refractivity contribution in [3.05, 3.63) is 64.0 Å². The Hall–Kier alpha value is -2.77. The first kappa shape index (κ1) is 18.0. The van der Waals surface area contributed by atoms with Gasteiger partial charge in [-0.3, -0.25) is 9.59 Å². The molecule has 1 aliphatic heterocycles. The molecule has 0 atom stereocenters. The number of halogens is 1. The van der Waals surface area contributed by atoms with Gasteiger partial charge in [-0.15, -0.1) is 0 Å². The molecule has 1 heterocycles. The molecule has 1 fully saturated rings. The van der Waals surface area contributed by atoms with Gasteiger partial charge in [-0.25, -0.2) is 9.69 Å². The summed E-state index contributed by atoms with van der Waals surface area (Å²) in [6.07, 6.45) is 1.51. The van der Waals surface area contributed by atoms with Gasteiger partial charge in [-0.05, 0) is 48.2 Å². The zero-order valence-electron chi connectivity index (χ0n) is 13.2. The maximum Gasteiger partial charge on any atom is 0.341 e. The molecule has 0 radical (unpaired) electrons. The maximum absolute atomic E-state index is 12.6. The molecular weight excluding hydrogens is 378 g/mol. The average Bonchev–Trinajstić information content (AvgIpc) is 2.89. The van der Waals surface area contributed by atoms with E-state index < -0.39 is 23.7 Å². The molecule has 8 heteroatoms. The highest BCUT2D eigenvalue weighted by Crippen LogP contribution is 2.37. The molecule has 0 unspecified atom stereocenters. The topological polar surface area (TPSA) is 83.9 Å². The second-order valence-electron chi connectivity index (χ2n) is 5.21. The van der Waals surface area contributed by atoms with Crippen molar-refractivity contribution in [3.63, 3.8) is 0 Å². The molecule has 1 N–H and O–H groups in total. The summed E-state index contributed by atoms with van der Waals surface area (Å²) in [7, 11) is 0. The minimum atomic E-state index is -1.11. The number of hydrogen-bond acceptors (Lipinski definition) is 5. The molecule has 2 aromatic carbocycles. The van der Waals surface area contributed by atoms with E-state index in [0.29, 0.717) is 22.0 Å². The number of carboxylic acid groups (broad SMARTS) is 1. The lowest BCUT2D eigenvalue weighted by Crippen LogP contribution is -2.27. The highest BCUT2D eigenvalue weighted by molar-refractivity contribution is 8.19. The summed E-state index contributed by atoms with van der Waals surface area (Å²) in [5.74, 6) is -1.26. The minimum Gasteiger partial charge on any atom is -0.481 e. The van der Waals surface area contributed by atoms with Crippen LogP contribution in [0.15, 0.2) is 53.4 Å². The van der Waals surface area contributed by atoms with Gasteiger partial charge in [0, 0.05) is 10.6 Å². The van der Waals surface area contributed by atoms with Crippen molar-refractivity contribution < 1.29 is 24.2 Å². The van der Waals surface area contributed by atoms with Crippen molar-refractivity contribution in [1.82, 2.24) is 0 Å². The Morgan fingerprint density at radius 1 is 1.15 bits per heavy atom. The number of hydrogen-bond donors (Lipinski definition) is 1. The molecule has 2 amide bonds. The second kappa shape index (κ2) is 7.63. The number of thioether (sulfide) groups is 1. The number of nitrogens with zero attached hydrogens (tertiary/aromatic N) is 1. The van der Waals surface area contributed by atoms with E-state index in [1.807, 2.05) is 0 Å². The van der Waals surface area contributed by atoms with Crippen LogP contribution in [0.25, 0.3) is 6.08 Å². The Morgan fingerprint density at radius 3 is 2.54 bits per heavy atom. The Morgan fingerprint density at radius 2 is 1.85 bits per heavy atom. The number of benzene rings is 2. The predicted octanol–water partition coefficient (Wildman–Crippen LogP) is 4.04. The smallest absolute Gasteiger partial charge is 0.341 e. The van der Waals surface area contributed by atoms with E-state index in [9.17, 15) is 14.4 Å². The lowest BCUT2D eigenvalue weighted by Gasteiger charge is -2.12. The van der Waals surface area contributed by atoms with Crippen molar-refractivity contribution in [2.24, 2.45) is 0 Å². The molecule has 0 aromatic heterocycles. The number of carbonyl (C=O) groups excluding carboxylic acids is 2. The number of carbonyl (C=O) groups is 3. The zero-order chi connectivity index (χ0) is 18.7. The fourth-order valence-corrected chi connectivity index (χ4v) is 3.25. The molecular formula is C18H12ClNO5S. The SMILES string of the molecule is O=C(O)COc1ccccc1C=C1SC(=O)N(c2ccc(Cl)cc2)C1=O. The summed E-state index contributed by atoms with van der Waals surface area (Å²) in [6.45, 7) is -0.503. The van der Waals surface area contributed by atoms with Gasteiger partial charge in [0.1, 0.15) is 5.75 Å². The Bertz CT molecular complexity index is 910. The van der Waals surface area contributed by atoms with E-state index in [1.165, 1.54) is 6.08 Å². The number of anilines is 1. The van der Waals surface area contributed by atoms with Gasteiger partial charge >= 0.3 is 5.97 Å². The first-order chi connectivity index (χ1) is 12.5. The van der Waals surface area contributed by atoms with Gasteiger partial charge in [-0.2, -0.15) is 0 Å². The van der Waals surface area contributed by atoms with Crippen LogP contribution >= 0.6 is 23.4 Å². The van der Waals surface area contributed by atoms with Crippen LogP contribution in [0.2, 0.25) is 5.02 Å². The predicted molar refractivity (Wildman–Crippen MR) is 99.5 cm³/mol. The lowest BCUT2D eigenvalue weighted by molar-refractivity contribution is -0.139. The van der Waals surface area contributed by atoms with Gasteiger partial charge in [0.15, 0.2) is 6.61 Å². The van der Waals surface area contributed by atoms with Gasteiger partial charge in [0.2, 0.25) is 0 Å². The summed E-state index contributed by atoms with van der Waals surface area (Å²) in [5.41, 5.74) is 0.936. The van der Waals surface area contributed by atoms with Crippen LogP contribution in [-0.2, 0) is 9.59 Å². The molecule has 0 aliphatic carbocycles. The number of aliphatic carboxylic acids is 1. The van der Waals surface area contributed by atoms with Crippen LogP contribution in [0, 0.1) is 0 Å². The third-order valence-corrected chi connectivity index (χ3v) is 4.56. The Kier molecular flexibility index (Phi) is 5.29. The van der Waals surface area contributed by atoms with Crippen molar-refractivity contribution in [1.29, 1.82) is 0 Å². The summed E-state index contributed by atoms with van der Waals surface area (Å²) < 4.78 is 5.22. The normalized spacial score (nSPS) is 15.6. The Balaban J connectivity index is 1.89. The molecule has 3 rings (SSSR count). The van der Waals surface area contributed by atoms with Crippen molar-refractivity contribution in [2.45, 2.75) is 0 Å². The van der Waals surface area contributed by atoms with Gasteiger partial charge in [-0.1, -0.05) is 29.8 Å². The van der Waals surface area contributed by atoms with Crippen LogP contribution in [0.4, 0.5) is 10.5 Å². The van der Waals surface area contributed by atoms with Gasteiger partial charge in [0.05, 0.1) is 10.6 Å². The highest BCUT2D eigenvalue weighted by Gasteiger charge is 2.36. The monoisotopic (exact) mass is 389 g/mol. The summed E-state index contributed by atoms with van der Waals surface area (Å²) >= 11 is 6.64. The van der Waals surface area contributed by atoms with Crippen molar-refractivity contribution in [3.8, 4) is 5.75 Å². The number of imide groups is 1. The third-order valence-electron chi connectivity index (χ3n) is 3.44. The van der Waals surface area contributed by atoms with Crippen molar-refractivity contribution >= 4 is 52.2 Å². The van der Waals surface area contributed by atoms with Gasteiger partial charge < -0.3 is 9.84 Å². The van der Waals surface area contributed by atoms with Crippen LogP contribution in [0.1, 0.15) is 5.56 Å². The maximum atomic E-state index is 12.6. The number of carboxylic acids is 1. The first-order valence-corrected chi connectivity index (χ1v) is 8.62. The van der Waals surface area contributed by atoms with E-state index in [-0.39, 0.29) is 4.91 Å². The third kappa shape index (κ3) is 3.89. The van der Waals surface area contributed by atoms with E-state index in [4.69, 9.17) is 21.4 Å². The van der Waals surface area contributed by atoms with Crippen LogP contribution in [0.3, 0.4) is 0 Å². The lowest BCUT2D eigenvalue weighted by atomic mass is 10.2. The molecule has 0 saturated carbocycles. The van der Waals surface area contributed by atoms with Crippen LogP contribution in [0.5, 0.6) is 5.75 Å².